The Hall–Kier alpha value is -1.40. The molecule has 0 amide bonds. The summed E-state index contributed by atoms with van der Waals surface area (Å²) in [6, 6.07) is 3.10. The predicted molar refractivity (Wildman–Crippen MR) is 74.8 cm³/mol. The van der Waals surface area contributed by atoms with Crippen molar-refractivity contribution >= 4 is 23.1 Å². The Balaban J connectivity index is 2.18. The van der Waals surface area contributed by atoms with E-state index in [1.54, 1.807) is 0 Å². The van der Waals surface area contributed by atoms with Crippen molar-refractivity contribution in [2.24, 2.45) is 0 Å². The van der Waals surface area contributed by atoms with Crippen LogP contribution in [-0.2, 0) is 0 Å². The van der Waals surface area contributed by atoms with Gasteiger partial charge < -0.3 is 9.80 Å². The molecule has 1 aliphatic heterocycles. The number of aromatic nitrogens is 1. The minimum absolute atomic E-state index is 0.0187. The number of piperidine rings is 1. The first-order valence-corrected chi connectivity index (χ1v) is 6.58. The average Bonchev–Trinajstić information content (AvgIpc) is 2.38. The molecule has 0 radical (unpaired) electrons. The van der Waals surface area contributed by atoms with Crippen LogP contribution in [0.3, 0.4) is 0 Å². The fourth-order valence-electron chi connectivity index (χ4n) is 2.33. The molecule has 2 heterocycles. The number of pyridine rings is 1. The summed E-state index contributed by atoms with van der Waals surface area (Å²) >= 11 is 5.85. The van der Waals surface area contributed by atoms with Gasteiger partial charge in [0, 0.05) is 13.1 Å². The first kappa shape index (κ1) is 14.0. The van der Waals surface area contributed by atoms with Crippen molar-refractivity contribution in [2.75, 3.05) is 32.1 Å². The Labute approximate surface area is 117 Å². The van der Waals surface area contributed by atoms with Crippen LogP contribution in [0.4, 0.5) is 11.5 Å². The zero-order valence-corrected chi connectivity index (χ0v) is 11.8. The summed E-state index contributed by atoms with van der Waals surface area (Å²) in [5, 5.41) is 11.0. The van der Waals surface area contributed by atoms with Crippen LogP contribution in [0.5, 0.6) is 0 Å². The van der Waals surface area contributed by atoms with E-state index in [1.165, 1.54) is 12.1 Å². The van der Waals surface area contributed by atoms with Crippen molar-refractivity contribution in [1.29, 1.82) is 0 Å². The van der Waals surface area contributed by atoms with E-state index in [-0.39, 0.29) is 10.8 Å². The molecule has 0 bridgehead atoms. The molecular formula is C12H17ClN4O2. The monoisotopic (exact) mass is 284 g/mol. The van der Waals surface area contributed by atoms with Gasteiger partial charge in [0.15, 0.2) is 0 Å². The third-order valence-corrected chi connectivity index (χ3v) is 3.77. The normalized spacial score (nSPS) is 17.4. The zero-order chi connectivity index (χ0) is 14.0. The van der Waals surface area contributed by atoms with Gasteiger partial charge in [0.2, 0.25) is 0 Å². The number of hydrogen-bond acceptors (Lipinski definition) is 5. The van der Waals surface area contributed by atoms with Gasteiger partial charge in [0.05, 0.1) is 17.1 Å². The molecule has 0 spiro atoms. The number of anilines is 1. The first-order chi connectivity index (χ1) is 8.97. The molecule has 104 valence electrons. The number of halogens is 1. The molecule has 7 heteroatoms. The van der Waals surface area contributed by atoms with Crippen LogP contribution in [0.15, 0.2) is 12.1 Å². The summed E-state index contributed by atoms with van der Waals surface area (Å²) in [5.41, 5.74) is -0.0187. The summed E-state index contributed by atoms with van der Waals surface area (Å²) in [5.74, 6) is 0.564. The molecule has 1 aromatic heterocycles. The van der Waals surface area contributed by atoms with Gasteiger partial charge in [-0.3, -0.25) is 10.1 Å². The van der Waals surface area contributed by atoms with Crippen LogP contribution in [0, 0.1) is 10.1 Å². The van der Waals surface area contributed by atoms with E-state index in [2.05, 4.69) is 16.9 Å². The molecule has 0 atom stereocenters. The quantitative estimate of drug-likeness (QED) is 0.484. The standard InChI is InChI=1S/C12H17ClN4O2/c1-15-5-3-9(4-6-15)16(2)12-8-10(17(18)19)7-11(13)14-12/h7-9H,3-6H2,1-2H3. The van der Waals surface area contributed by atoms with E-state index in [0.717, 1.165) is 25.9 Å². The number of rotatable bonds is 3. The number of hydrogen-bond donors (Lipinski definition) is 0. The third kappa shape index (κ3) is 3.33. The van der Waals surface area contributed by atoms with Gasteiger partial charge in [-0.25, -0.2) is 4.98 Å². The highest BCUT2D eigenvalue weighted by molar-refractivity contribution is 6.29. The Kier molecular flexibility index (Phi) is 4.21. The van der Waals surface area contributed by atoms with Crippen LogP contribution in [0.1, 0.15) is 12.8 Å². The highest BCUT2D eigenvalue weighted by Crippen LogP contribution is 2.26. The fourth-order valence-corrected chi connectivity index (χ4v) is 2.52. The van der Waals surface area contributed by atoms with Crippen LogP contribution >= 0.6 is 11.6 Å². The maximum atomic E-state index is 10.8. The molecule has 0 saturated carbocycles. The molecule has 0 unspecified atom stereocenters. The summed E-state index contributed by atoms with van der Waals surface area (Å²) in [7, 11) is 4.01. The summed E-state index contributed by atoms with van der Waals surface area (Å²) in [6.07, 6.45) is 2.05. The molecule has 6 nitrogen and oxygen atoms in total. The van der Waals surface area contributed by atoms with Gasteiger partial charge in [0.25, 0.3) is 5.69 Å². The lowest BCUT2D eigenvalue weighted by Gasteiger charge is -2.35. The van der Waals surface area contributed by atoms with E-state index in [0.29, 0.717) is 11.9 Å². The summed E-state index contributed by atoms with van der Waals surface area (Å²) < 4.78 is 0. The van der Waals surface area contributed by atoms with Crippen molar-refractivity contribution in [2.45, 2.75) is 18.9 Å². The Morgan fingerprint density at radius 1 is 1.47 bits per heavy atom. The second-order valence-electron chi connectivity index (χ2n) is 4.91. The molecule has 1 fully saturated rings. The van der Waals surface area contributed by atoms with Crippen molar-refractivity contribution in [3.63, 3.8) is 0 Å². The maximum Gasteiger partial charge on any atom is 0.276 e. The van der Waals surface area contributed by atoms with Gasteiger partial charge in [0.1, 0.15) is 11.0 Å². The van der Waals surface area contributed by atoms with Gasteiger partial charge in [-0.1, -0.05) is 11.6 Å². The Bertz CT molecular complexity index is 475. The smallest absolute Gasteiger partial charge is 0.276 e. The fraction of sp³-hybridized carbons (Fsp3) is 0.583. The Morgan fingerprint density at radius 2 is 2.11 bits per heavy atom. The van der Waals surface area contributed by atoms with Gasteiger partial charge >= 0.3 is 0 Å². The number of likely N-dealkylation sites (tertiary alicyclic amines) is 1. The van der Waals surface area contributed by atoms with Crippen LogP contribution in [0.2, 0.25) is 5.15 Å². The topological polar surface area (TPSA) is 62.5 Å². The molecule has 1 aromatic rings. The largest absolute Gasteiger partial charge is 0.356 e. The van der Waals surface area contributed by atoms with Crippen molar-refractivity contribution in [3.8, 4) is 0 Å². The molecule has 1 aliphatic rings. The molecular weight excluding hydrogens is 268 g/mol. The molecule has 1 saturated heterocycles. The summed E-state index contributed by atoms with van der Waals surface area (Å²) in [4.78, 5) is 18.8. The van der Waals surface area contributed by atoms with Crippen molar-refractivity contribution < 1.29 is 4.92 Å². The lowest BCUT2D eigenvalue weighted by Crippen LogP contribution is -2.42. The molecule has 19 heavy (non-hydrogen) atoms. The lowest BCUT2D eigenvalue weighted by atomic mass is 10.0. The van der Waals surface area contributed by atoms with Crippen LogP contribution < -0.4 is 4.90 Å². The minimum atomic E-state index is -0.445. The molecule has 0 N–H and O–H groups in total. The van der Waals surface area contributed by atoms with Crippen LogP contribution in [0.25, 0.3) is 0 Å². The first-order valence-electron chi connectivity index (χ1n) is 6.20. The second kappa shape index (κ2) is 5.71. The molecule has 2 rings (SSSR count). The van der Waals surface area contributed by atoms with Crippen LogP contribution in [-0.4, -0.2) is 48.0 Å². The number of nitrogens with zero attached hydrogens (tertiary/aromatic N) is 4. The van der Waals surface area contributed by atoms with E-state index in [1.807, 2.05) is 11.9 Å². The van der Waals surface area contributed by atoms with Crippen molar-refractivity contribution in [3.05, 3.63) is 27.4 Å². The maximum absolute atomic E-state index is 10.8. The van der Waals surface area contributed by atoms with Crippen molar-refractivity contribution in [1.82, 2.24) is 9.88 Å². The lowest BCUT2D eigenvalue weighted by molar-refractivity contribution is -0.384. The average molecular weight is 285 g/mol. The summed E-state index contributed by atoms with van der Waals surface area (Å²) in [6.45, 7) is 2.05. The SMILES string of the molecule is CN1CCC(N(C)c2cc([N+](=O)[O-])cc(Cl)n2)CC1. The van der Waals surface area contributed by atoms with E-state index >= 15 is 0 Å². The highest BCUT2D eigenvalue weighted by atomic mass is 35.5. The van der Waals surface area contributed by atoms with Gasteiger partial charge in [-0.15, -0.1) is 0 Å². The zero-order valence-electron chi connectivity index (χ0n) is 11.0. The number of nitro groups is 1. The third-order valence-electron chi connectivity index (χ3n) is 3.57. The van der Waals surface area contributed by atoms with E-state index < -0.39 is 4.92 Å². The van der Waals surface area contributed by atoms with E-state index in [9.17, 15) is 10.1 Å². The van der Waals surface area contributed by atoms with E-state index in [4.69, 9.17) is 11.6 Å². The highest BCUT2D eigenvalue weighted by Gasteiger charge is 2.23. The second-order valence-corrected chi connectivity index (χ2v) is 5.30. The Morgan fingerprint density at radius 3 is 2.68 bits per heavy atom. The predicted octanol–water partition coefficient (Wildman–Crippen LogP) is 2.17. The molecule has 0 aromatic carbocycles. The van der Waals surface area contributed by atoms with Gasteiger partial charge in [-0.05, 0) is 33.0 Å². The minimum Gasteiger partial charge on any atom is -0.356 e. The van der Waals surface area contributed by atoms with Gasteiger partial charge in [-0.2, -0.15) is 0 Å². The molecule has 0 aliphatic carbocycles.